The molecule has 0 amide bonds. The number of hydrogen-bond acceptors (Lipinski definition) is 3. The molecule has 104 valence electrons. The van der Waals surface area contributed by atoms with Crippen LogP contribution < -0.4 is 4.90 Å². The van der Waals surface area contributed by atoms with Gasteiger partial charge in [-0.2, -0.15) is 0 Å². The first-order valence-corrected chi connectivity index (χ1v) is 7.91. The number of anilines is 1. The maximum atomic E-state index is 5.46. The SMILES string of the molecule is Brc1cccc(N2CCN(C[C@H]3CCOC3)CC2)c1. The van der Waals surface area contributed by atoms with E-state index in [1.807, 2.05) is 0 Å². The lowest BCUT2D eigenvalue weighted by Crippen LogP contribution is -2.47. The number of hydrogen-bond donors (Lipinski definition) is 0. The van der Waals surface area contributed by atoms with Gasteiger partial charge in [0.05, 0.1) is 6.61 Å². The molecule has 0 spiro atoms. The van der Waals surface area contributed by atoms with Crippen LogP contribution in [0.1, 0.15) is 6.42 Å². The van der Waals surface area contributed by atoms with Crippen molar-refractivity contribution in [3.05, 3.63) is 28.7 Å². The molecule has 2 saturated heterocycles. The molecule has 19 heavy (non-hydrogen) atoms. The zero-order valence-electron chi connectivity index (χ0n) is 11.2. The third kappa shape index (κ3) is 3.50. The molecule has 3 nitrogen and oxygen atoms in total. The van der Waals surface area contributed by atoms with Crippen LogP contribution in [0.2, 0.25) is 0 Å². The van der Waals surface area contributed by atoms with Gasteiger partial charge in [0.1, 0.15) is 0 Å². The molecule has 0 aliphatic carbocycles. The molecule has 3 rings (SSSR count). The van der Waals surface area contributed by atoms with Crippen LogP contribution >= 0.6 is 15.9 Å². The highest BCUT2D eigenvalue weighted by atomic mass is 79.9. The zero-order valence-corrected chi connectivity index (χ0v) is 12.8. The van der Waals surface area contributed by atoms with Crippen LogP contribution in [0.3, 0.4) is 0 Å². The minimum Gasteiger partial charge on any atom is -0.381 e. The lowest BCUT2D eigenvalue weighted by Gasteiger charge is -2.37. The Morgan fingerprint density at radius 3 is 2.74 bits per heavy atom. The minimum absolute atomic E-state index is 0.761. The van der Waals surface area contributed by atoms with E-state index < -0.39 is 0 Å². The summed E-state index contributed by atoms with van der Waals surface area (Å²) in [7, 11) is 0. The lowest BCUT2D eigenvalue weighted by atomic mass is 10.1. The number of halogens is 1. The third-order valence-corrected chi connectivity index (χ3v) is 4.58. The molecule has 2 aliphatic heterocycles. The molecule has 4 heteroatoms. The Morgan fingerprint density at radius 1 is 1.21 bits per heavy atom. The van der Waals surface area contributed by atoms with E-state index in [4.69, 9.17) is 4.74 Å². The highest BCUT2D eigenvalue weighted by Gasteiger charge is 2.22. The number of rotatable bonds is 3. The molecule has 0 bridgehead atoms. The summed E-state index contributed by atoms with van der Waals surface area (Å²) < 4.78 is 6.62. The number of piperazine rings is 1. The second-order valence-corrected chi connectivity index (χ2v) is 6.41. The summed E-state index contributed by atoms with van der Waals surface area (Å²) in [5.41, 5.74) is 1.33. The first-order chi connectivity index (χ1) is 9.31. The van der Waals surface area contributed by atoms with Crippen molar-refractivity contribution in [3.63, 3.8) is 0 Å². The summed E-state index contributed by atoms with van der Waals surface area (Å²) in [6.07, 6.45) is 1.24. The van der Waals surface area contributed by atoms with Gasteiger partial charge in [-0.05, 0) is 30.5 Å². The maximum absolute atomic E-state index is 5.46. The average Bonchev–Trinajstić information content (AvgIpc) is 2.92. The second kappa shape index (κ2) is 6.25. The standard InChI is InChI=1S/C15H21BrN2O/c16-14-2-1-3-15(10-14)18-7-5-17(6-8-18)11-13-4-9-19-12-13/h1-3,10,13H,4-9,11-12H2/t13-/m1/s1. The van der Waals surface area contributed by atoms with Crippen LogP contribution in [-0.4, -0.2) is 50.8 Å². The molecule has 1 aromatic rings. The molecule has 2 heterocycles. The molecular weight excluding hydrogens is 304 g/mol. The smallest absolute Gasteiger partial charge is 0.0507 e. The predicted molar refractivity (Wildman–Crippen MR) is 81.7 cm³/mol. The zero-order chi connectivity index (χ0) is 13.1. The first kappa shape index (κ1) is 13.4. The van der Waals surface area contributed by atoms with Gasteiger partial charge in [0.25, 0.3) is 0 Å². The van der Waals surface area contributed by atoms with Crippen molar-refractivity contribution in [2.75, 3.05) is 50.8 Å². The van der Waals surface area contributed by atoms with E-state index in [2.05, 4.69) is 50.0 Å². The van der Waals surface area contributed by atoms with Gasteiger partial charge in [-0.15, -0.1) is 0 Å². The molecule has 0 saturated carbocycles. The number of ether oxygens (including phenoxy) is 1. The van der Waals surface area contributed by atoms with Gasteiger partial charge in [-0.25, -0.2) is 0 Å². The Balaban J connectivity index is 1.51. The minimum atomic E-state index is 0.761. The van der Waals surface area contributed by atoms with Crippen molar-refractivity contribution < 1.29 is 4.74 Å². The summed E-state index contributed by atoms with van der Waals surface area (Å²) in [4.78, 5) is 5.07. The number of nitrogens with zero attached hydrogens (tertiary/aromatic N) is 2. The molecule has 2 aliphatic rings. The van der Waals surface area contributed by atoms with Crippen molar-refractivity contribution >= 4 is 21.6 Å². The fraction of sp³-hybridized carbons (Fsp3) is 0.600. The highest BCUT2D eigenvalue weighted by Crippen LogP contribution is 2.22. The highest BCUT2D eigenvalue weighted by molar-refractivity contribution is 9.10. The van der Waals surface area contributed by atoms with Crippen LogP contribution in [0, 0.1) is 5.92 Å². The first-order valence-electron chi connectivity index (χ1n) is 7.12. The van der Waals surface area contributed by atoms with Gasteiger partial charge < -0.3 is 9.64 Å². The van der Waals surface area contributed by atoms with Crippen LogP contribution in [-0.2, 0) is 4.74 Å². The summed E-state index contributed by atoms with van der Waals surface area (Å²) in [5.74, 6) is 0.761. The largest absolute Gasteiger partial charge is 0.381 e. The van der Waals surface area contributed by atoms with E-state index in [9.17, 15) is 0 Å². The quantitative estimate of drug-likeness (QED) is 0.850. The Morgan fingerprint density at radius 2 is 2.05 bits per heavy atom. The van der Waals surface area contributed by atoms with E-state index in [-0.39, 0.29) is 0 Å². The molecule has 0 aromatic heterocycles. The van der Waals surface area contributed by atoms with Crippen molar-refractivity contribution in [1.29, 1.82) is 0 Å². The van der Waals surface area contributed by atoms with E-state index in [1.165, 1.54) is 31.7 Å². The van der Waals surface area contributed by atoms with E-state index >= 15 is 0 Å². The van der Waals surface area contributed by atoms with E-state index in [1.54, 1.807) is 0 Å². The van der Waals surface area contributed by atoms with Gasteiger partial charge in [-0.1, -0.05) is 22.0 Å². The van der Waals surface area contributed by atoms with E-state index in [0.29, 0.717) is 0 Å². The average molecular weight is 325 g/mol. The van der Waals surface area contributed by atoms with Crippen LogP contribution in [0.25, 0.3) is 0 Å². The monoisotopic (exact) mass is 324 g/mol. The fourth-order valence-electron chi connectivity index (χ4n) is 2.95. The second-order valence-electron chi connectivity index (χ2n) is 5.50. The van der Waals surface area contributed by atoms with Crippen LogP contribution in [0.4, 0.5) is 5.69 Å². The molecule has 0 radical (unpaired) electrons. The topological polar surface area (TPSA) is 15.7 Å². The molecule has 0 N–H and O–H groups in total. The fourth-order valence-corrected chi connectivity index (χ4v) is 3.34. The van der Waals surface area contributed by atoms with Gasteiger partial charge >= 0.3 is 0 Å². The van der Waals surface area contributed by atoms with Crippen LogP contribution in [0.15, 0.2) is 28.7 Å². The Hall–Kier alpha value is -0.580. The normalized spacial score (nSPS) is 24.9. The van der Waals surface area contributed by atoms with E-state index in [0.717, 1.165) is 36.7 Å². The Labute approximate surface area is 123 Å². The molecule has 1 atom stereocenters. The third-order valence-electron chi connectivity index (χ3n) is 4.09. The van der Waals surface area contributed by atoms with Crippen LogP contribution in [0.5, 0.6) is 0 Å². The van der Waals surface area contributed by atoms with Crippen molar-refractivity contribution in [3.8, 4) is 0 Å². The molecule has 0 unspecified atom stereocenters. The Bertz CT molecular complexity index is 412. The predicted octanol–water partition coefficient (Wildman–Crippen LogP) is 2.61. The maximum Gasteiger partial charge on any atom is 0.0507 e. The summed E-state index contributed by atoms with van der Waals surface area (Å²) >= 11 is 3.55. The van der Waals surface area contributed by atoms with Gasteiger partial charge in [0, 0.05) is 49.5 Å². The van der Waals surface area contributed by atoms with Crippen molar-refractivity contribution in [2.24, 2.45) is 5.92 Å². The Kier molecular flexibility index (Phi) is 4.41. The lowest BCUT2D eigenvalue weighted by molar-refractivity contribution is 0.164. The van der Waals surface area contributed by atoms with Gasteiger partial charge in [-0.3, -0.25) is 4.90 Å². The van der Waals surface area contributed by atoms with Gasteiger partial charge in [0.2, 0.25) is 0 Å². The van der Waals surface area contributed by atoms with Gasteiger partial charge in [0.15, 0.2) is 0 Å². The molecular formula is C15H21BrN2O. The number of benzene rings is 1. The summed E-state index contributed by atoms with van der Waals surface area (Å²) in [6, 6.07) is 8.60. The van der Waals surface area contributed by atoms with Crippen molar-refractivity contribution in [1.82, 2.24) is 4.90 Å². The summed E-state index contributed by atoms with van der Waals surface area (Å²) in [5, 5.41) is 0. The summed E-state index contributed by atoms with van der Waals surface area (Å²) in [6.45, 7) is 7.74. The van der Waals surface area contributed by atoms with Crippen molar-refractivity contribution in [2.45, 2.75) is 6.42 Å². The molecule has 1 aromatic carbocycles. The molecule has 2 fully saturated rings.